The molecule has 1 aromatic heterocycles. The van der Waals surface area contributed by atoms with E-state index in [1.807, 2.05) is 11.6 Å². The van der Waals surface area contributed by atoms with Crippen LogP contribution in [0.15, 0.2) is 30.3 Å². The molecule has 1 aromatic carbocycles. The van der Waals surface area contributed by atoms with E-state index in [-0.39, 0.29) is 5.54 Å². The van der Waals surface area contributed by atoms with E-state index in [2.05, 4.69) is 47.3 Å². The monoisotopic (exact) mass is 310 g/mol. The molecule has 1 saturated carbocycles. The van der Waals surface area contributed by atoms with E-state index in [0.717, 1.165) is 31.0 Å². The van der Waals surface area contributed by atoms with E-state index in [4.69, 9.17) is 5.73 Å². The fourth-order valence-electron chi connectivity index (χ4n) is 4.45. The number of benzene rings is 1. The van der Waals surface area contributed by atoms with Gasteiger partial charge in [0.15, 0.2) is 0 Å². The Morgan fingerprint density at radius 1 is 1.26 bits per heavy atom. The molecule has 4 rings (SSSR count). The highest BCUT2D eigenvalue weighted by Gasteiger charge is 2.46. The number of fused-ring (bicyclic) bond motifs is 1. The van der Waals surface area contributed by atoms with Crippen molar-refractivity contribution in [3.63, 3.8) is 0 Å². The molecule has 2 aliphatic rings. The first-order chi connectivity index (χ1) is 11.0. The number of likely N-dealkylation sites (tertiary alicyclic amines) is 1. The molecule has 2 heterocycles. The highest BCUT2D eigenvalue weighted by molar-refractivity contribution is 5.36. The van der Waals surface area contributed by atoms with E-state index in [0.29, 0.717) is 5.92 Å². The molecule has 122 valence electrons. The van der Waals surface area contributed by atoms with Gasteiger partial charge in [-0.15, -0.1) is 0 Å². The minimum Gasteiger partial charge on any atom is -0.324 e. The summed E-state index contributed by atoms with van der Waals surface area (Å²) in [7, 11) is 0. The van der Waals surface area contributed by atoms with E-state index in [9.17, 15) is 0 Å². The van der Waals surface area contributed by atoms with Gasteiger partial charge in [-0.25, -0.2) is 4.68 Å². The smallest absolute Gasteiger partial charge is 0.0648 e. The first-order valence-corrected chi connectivity index (χ1v) is 8.67. The summed E-state index contributed by atoms with van der Waals surface area (Å²) < 4.78 is 2.01. The van der Waals surface area contributed by atoms with Gasteiger partial charge in [-0.3, -0.25) is 4.90 Å². The Morgan fingerprint density at radius 2 is 2.04 bits per heavy atom. The second kappa shape index (κ2) is 5.46. The van der Waals surface area contributed by atoms with Crippen LogP contribution in [-0.4, -0.2) is 33.3 Å². The molecule has 1 saturated heterocycles. The standard InChI is InChI=1S/C19H26N4/c1-14-10-15(2)23(21-14)18-7-5-16(6-8-18)11-22-12-17-4-3-9-19(17,20)13-22/h5-8,10,17H,3-4,9,11-13,20H2,1-2H3. The van der Waals surface area contributed by atoms with Crippen molar-refractivity contribution in [2.75, 3.05) is 13.1 Å². The van der Waals surface area contributed by atoms with Gasteiger partial charge in [0.2, 0.25) is 0 Å². The van der Waals surface area contributed by atoms with E-state index < -0.39 is 0 Å². The fourth-order valence-corrected chi connectivity index (χ4v) is 4.45. The topological polar surface area (TPSA) is 47.1 Å². The Bertz CT molecular complexity index is 703. The molecule has 4 nitrogen and oxygen atoms in total. The third kappa shape index (κ3) is 2.70. The molecule has 23 heavy (non-hydrogen) atoms. The Balaban J connectivity index is 1.46. The average Bonchev–Trinajstić information content (AvgIpc) is 3.11. The van der Waals surface area contributed by atoms with Crippen LogP contribution < -0.4 is 5.73 Å². The normalized spacial score (nSPS) is 27.5. The summed E-state index contributed by atoms with van der Waals surface area (Å²) in [4.78, 5) is 2.53. The molecular formula is C19H26N4. The highest BCUT2D eigenvalue weighted by atomic mass is 15.3. The van der Waals surface area contributed by atoms with E-state index >= 15 is 0 Å². The molecule has 2 fully saturated rings. The van der Waals surface area contributed by atoms with Gasteiger partial charge in [0.05, 0.1) is 11.4 Å². The van der Waals surface area contributed by atoms with E-state index in [1.54, 1.807) is 0 Å². The van der Waals surface area contributed by atoms with Crippen LogP contribution in [0.5, 0.6) is 0 Å². The number of hydrogen-bond donors (Lipinski definition) is 1. The summed E-state index contributed by atoms with van der Waals surface area (Å²) in [6.45, 7) is 7.35. The van der Waals surface area contributed by atoms with Crippen LogP contribution in [0.2, 0.25) is 0 Å². The Labute approximate surface area is 138 Å². The van der Waals surface area contributed by atoms with Gasteiger partial charge in [-0.2, -0.15) is 5.10 Å². The van der Waals surface area contributed by atoms with Crippen molar-refractivity contribution < 1.29 is 0 Å². The molecule has 0 amide bonds. The number of nitrogens with two attached hydrogens (primary N) is 1. The van der Waals surface area contributed by atoms with Crippen molar-refractivity contribution in [3.8, 4) is 5.69 Å². The lowest BCUT2D eigenvalue weighted by molar-refractivity contribution is 0.295. The van der Waals surface area contributed by atoms with Gasteiger partial charge >= 0.3 is 0 Å². The second-order valence-corrected chi connectivity index (χ2v) is 7.50. The van der Waals surface area contributed by atoms with Crippen molar-refractivity contribution in [1.29, 1.82) is 0 Å². The fraction of sp³-hybridized carbons (Fsp3) is 0.526. The van der Waals surface area contributed by atoms with Gasteiger partial charge in [-0.05, 0) is 56.4 Å². The number of aromatic nitrogens is 2. The molecule has 0 bridgehead atoms. The first kappa shape index (κ1) is 14.9. The second-order valence-electron chi connectivity index (χ2n) is 7.50. The van der Waals surface area contributed by atoms with Crippen LogP contribution in [0.4, 0.5) is 0 Å². The Kier molecular flexibility index (Phi) is 3.54. The zero-order valence-electron chi connectivity index (χ0n) is 14.1. The third-order valence-electron chi connectivity index (χ3n) is 5.60. The van der Waals surface area contributed by atoms with Gasteiger partial charge in [0.25, 0.3) is 0 Å². The zero-order chi connectivity index (χ0) is 16.0. The van der Waals surface area contributed by atoms with Crippen molar-refractivity contribution >= 4 is 0 Å². The summed E-state index contributed by atoms with van der Waals surface area (Å²) in [5, 5.41) is 4.55. The zero-order valence-corrected chi connectivity index (χ0v) is 14.1. The lowest BCUT2D eigenvalue weighted by Gasteiger charge is -2.23. The van der Waals surface area contributed by atoms with Gasteiger partial charge < -0.3 is 5.73 Å². The van der Waals surface area contributed by atoms with Crippen LogP contribution in [0.3, 0.4) is 0 Å². The maximum atomic E-state index is 6.57. The minimum absolute atomic E-state index is 0.0869. The summed E-state index contributed by atoms with van der Waals surface area (Å²) in [6, 6.07) is 10.9. The molecular weight excluding hydrogens is 284 g/mol. The lowest BCUT2D eigenvalue weighted by Crippen LogP contribution is -2.44. The molecule has 2 aromatic rings. The highest BCUT2D eigenvalue weighted by Crippen LogP contribution is 2.40. The van der Waals surface area contributed by atoms with Gasteiger partial charge in [0, 0.05) is 30.9 Å². The SMILES string of the molecule is Cc1cc(C)n(-c2ccc(CN3CC4CCCC4(N)C3)cc2)n1. The summed E-state index contributed by atoms with van der Waals surface area (Å²) >= 11 is 0. The quantitative estimate of drug-likeness (QED) is 0.948. The maximum absolute atomic E-state index is 6.57. The number of hydrogen-bond acceptors (Lipinski definition) is 3. The predicted octanol–water partition coefficient (Wildman–Crippen LogP) is 2.80. The van der Waals surface area contributed by atoms with E-state index in [1.165, 1.54) is 30.5 Å². The number of nitrogens with zero attached hydrogens (tertiary/aromatic N) is 3. The summed E-state index contributed by atoms with van der Waals surface area (Å²) in [5.74, 6) is 0.705. The minimum atomic E-state index is 0.0869. The lowest BCUT2D eigenvalue weighted by atomic mass is 9.92. The summed E-state index contributed by atoms with van der Waals surface area (Å²) in [5.41, 5.74) is 11.4. The van der Waals surface area contributed by atoms with Crippen LogP contribution in [0.25, 0.3) is 5.69 Å². The predicted molar refractivity (Wildman–Crippen MR) is 92.6 cm³/mol. The molecule has 2 unspecified atom stereocenters. The van der Waals surface area contributed by atoms with Crippen LogP contribution in [0, 0.1) is 19.8 Å². The molecule has 4 heteroatoms. The van der Waals surface area contributed by atoms with Crippen LogP contribution in [-0.2, 0) is 6.54 Å². The van der Waals surface area contributed by atoms with Crippen LogP contribution >= 0.6 is 0 Å². The third-order valence-corrected chi connectivity index (χ3v) is 5.60. The average molecular weight is 310 g/mol. The molecule has 2 N–H and O–H groups in total. The molecule has 0 spiro atoms. The van der Waals surface area contributed by atoms with Crippen molar-refractivity contribution in [3.05, 3.63) is 47.3 Å². The van der Waals surface area contributed by atoms with Crippen molar-refractivity contribution in [2.24, 2.45) is 11.7 Å². The molecule has 1 aliphatic carbocycles. The van der Waals surface area contributed by atoms with Gasteiger partial charge in [0.1, 0.15) is 0 Å². The number of rotatable bonds is 3. The first-order valence-electron chi connectivity index (χ1n) is 8.67. The molecule has 0 radical (unpaired) electrons. The Morgan fingerprint density at radius 3 is 2.70 bits per heavy atom. The maximum Gasteiger partial charge on any atom is 0.0648 e. The molecule has 1 aliphatic heterocycles. The largest absolute Gasteiger partial charge is 0.324 e. The van der Waals surface area contributed by atoms with Crippen LogP contribution in [0.1, 0.15) is 36.2 Å². The van der Waals surface area contributed by atoms with Crippen molar-refractivity contribution in [2.45, 2.75) is 45.2 Å². The number of aryl methyl sites for hydroxylation is 2. The van der Waals surface area contributed by atoms with Gasteiger partial charge in [-0.1, -0.05) is 18.6 Å². The molecule has 2 atom stereocenters. The summed E-state index contributed by atoms with van der Waals surface area (Å²) in [6.07, 6.45) is 3.82. The van der Waals surface area contributed by atoms with Crippen molar-refractivity contribution in [1.82, 2.24) is 14.7 Å². The Hall–Kier alpha value is -1.65.